The molecule has 2 aromatic rings. The average molecular weight is 311 g/mol. The Morgan fingerprint density at radius 1 is 1.27 bits per heavy atom. The molecular weight excluding hydrogens is 295 g/mol. The topological polar surface area (TPSA) is 41.3 Å². The van der Waals surface area contributed by atoms with E-state index in [-0.39, 0.29) is 12.1 Å². The van der Waals surface area contributed by atoms with Crippen LogP contribution in [0.4, 0.5) is 13.2 Å². The molecular formula is C15H16F3N3O. The van der Waals surface area contributed by atoms with Gasteiger partial charge >= 0.3 is 6.18 Å². The number of rotatable bonds is 3. The number of hydrogen-bond acceptors (Lipinski definition) is 3. The molecule has 0 saturated carbocycles. The van der Waals surface area contributed by atoms with Crippen molar-refractivity contribution >= 4 is 0 Å². The van der Waals surface area contributed by atoms with Crippen LogP contribution in [0.1, 0.15) is 23.1 Å². The van der Waals surface area contributed by atoms with Crippen molar-refractivity contribution in [2.24, 2.45) is 0 Å². The minimum Gasteiger partial charge on any atom is -0.387 e. The second-order valence-corrected chi connectivity index (χ2v) is 5.41. The fourth-order valence-electron chi connectivity index (χ4n) is 2.65. The number of aliphatic hydroxyl groups excluding tert-OH is 1. The first kappa shape index (κ1) is 15.1. The molecule has 1 atom stereocenters. The van der Waals surface area contributed by atoms with Crippen LogP contribution in [0.3, 0.4) is 0 Å². The standard InChI is InChI=1S/C15H16F3N3O/c16-15(17,18)12-3-1-2-11(8-12)13(22)9-20-6-7-21-5-4-19-14(21)10-20/h1-5,8,13,22H,6-7,9-10H2. The van der Waals surface area contributed by atoms with Gasteiger partial charge in [0.1, 0.15) is 5.82 Å². The Morgan fingerprint density at radius 2 is 2.09 bits per heavy atom. The van der Waals surface area contributed by atoms with E-state index in [0.717, 1.165) is 31.0 Å². The molecule has 7 heteroatoms. The Morgan fingerprint density at radius 3 is 2.86 bits per heavy atom. The Balaban J connectivity index is 1.69. The van der Waals surface area contributed by atoms with E-state index in [1.807, 2.05) is 15.7 Å². The molecule has 0 bridgehead atoms. The van der Waals surface area contributed by atoms with Gasteiger partial charge in [-0.25, -0.2) is 4.98 Å². The largest absolute Gasteiger partial charge is 0.416 e. The molecule has 1 aromatic heterocycles. The number of halogens is 3. The molecule has 22 heavy (non-hydrogen) atoms. The second-order valence-electron chi connectivity index (χ2n) is 5.41. The van der Waals surface area contributed by atoms with Crippen LogP contribution in [0, 0.1) is 0 Å². The van der Waals surface area contributed by atoms with Crippen molar-refractivity contribution in [1.29, 1.82) is 0 Å². The normalized spacial score (nSPS) is 17.3. The van der Waals surface area contributed by atoms with Crippen molar-refractivity contribution in [2.45, 2.75) is 25.4 Å². The third-order valence-corrected chi connectivity index (χ3v) is 3.85. The number of aliphatic hydroxyl groups is 1. The lowest BCUT2D eigenvalue weighted by molar-refractivity contribution is -0.137. The molecule has 2 heterocycles. The van der Waals surface area contributed by atoms with E-state index in [0.29, 0.717) is 6.54 Å². The fraction of sp³-hybridized carbons (Fsp3) is 0.400. The van der Waals surface area contributed by atoms with Gasteiger partial charge in [-0.3, -0.25) is 4.90 Å². The van der Waals surface area contributed by atoms with Crippen molar-refractivity contribution in [3.05, 3.63) is 53.6 Å². The van der Waals surface area contributed by atoms with Gasteiger partial charge < -0.3 is 9.67 Å². The van der Waals surface area contributed by atoms with Gasteiger partial charge in [-0.1, -0.05) is 12.1 Å². The molecule has 1 aromatic carbocycles. The van der Waals surface area contributed by atoms with Gasteiger partial charge in [-0.15, -0.1) is 0 Å². The molecule has 4 nitrogen and oxygen atoms in total. The zero-order valence-corrected chi connectivity index (χ0v) is 11.8. The lowest BCUT2D eigenvalue weighted by atomic mass is 10.0. The highest BCUT2D eigenvalue weighted by Gasteiger charge is 2.31. The Kier molecular flexibility index (Phi) is 3.92. The monoisotopic (exact) mass is 311 g/mol. The molecule has 0 amide bonds. The number of benzene rings is 1. The Labute approximate surface area is 125 Å². The van der Waals surface area contributed by atoms with Crippen LogP contribution in [0.25, 0.3) is 0 Å². The average Bonchev–Trinajstić information content (AvgIpc) is 2.94. The van der Waals surface area contributed by atoms with E-state index >= 15 is 0 Å². The Bertz CT molecular complexity index is 653. The predicted octanol–water partition coefficient (Wildman–Crippen LogP) is 2.45. The molecule has 1 N–H and O–H groups in total. The first-order chi connectivity index (χ1) is 10.4. The second kappa shape index (κ2) is 5.73. The maximum atomic E-state index is 12.7. The Hall–Kier alpha value is -1.86. The van der Waals surface area contributed by atoms with Gasteiger partial charge in [0.25, 0.3) is 0 Å². The summed E-state index contributed by atoms with van der Waals surface area (Å²) in [6.07, 6.45) is -1.73. The third kappa shape index (κ3) is 3.15. The van der Waals surface area contributed by atoms with E-state index in [1.54, 1.807) is 6.20 Å². The molecule has 118 valence electrons. The zero-order valence-electron chi connectivity index (χ0n) is 11.8. The van der Waals surface area contributed by atoms with Gasteiger partial charge in [0.2, 0.25) is 0 Å². The molecule has 1 aliphatic heterocycles. The summed E-state index contributed by atoms with van der Waals surface area (Å²) in [4.78, 5) is 6.22. The highest BCUT2D eigenvalue weighted by Crippen LogP contribution is 2.31. The van der Waals surface area contributed by atoms with Crippen LogP contribution in [-0.4, -0.2) is 32.6 Å². The van der Waals surface area contributed by atoms with Crippen molar-refractivity contribution < 1.29 is 18.3 Å². The van der Waals surface area contributed by atoms with Crippen molar-refractivity contribution in [3.63, 3.8) is 0 Å². The number of aromatic nitrogens is 2. The molecule has 0 aliphatic carbocycles. The molecule has 0 fully saturated rings. The molecule has 3 rings (SSSR count). The number of fused-ring (bicyclic) bond motifs is 1. The number of imidazole rings is 1. The summed E-state index contributed by atoms with van der Waals surface area (Å²) in [7, 11) is 0. The first-order valence-corrected chi connectivity index (χ1v) is 7.01. The minimum atomic E-state index is -4.40. The van der Waals surface area contributed by atoms with Crippen LogP contribution >= 0.6 is 0 Å². The maximum Gasteiger partial charge on any atom is 0.416 e. The van der Waals surface area contributed by atoms with Crippen LogP contribution in [0.5, 0.6) is 0 Å². The highest BCUT2D eigenvalue weighted by atomic mass is 19.4. The summed E-state index contributed by atoms with van der Waals surface area (Å²) in [5.41, 5.74) is -0.457. The zero-order chi connectivity index (χ0) is 15.7. The molecule has 1 aliphatic rings. The van der Waals surface area contributed by atoms with Gasteiger partial charge in [0.05, 0.1) is 18.2 Å². The van der Waals surface area contributed by atoms with Gasteiger partial charge in [0, 0.05) is 32.0 Å². The predicted molar refractivity (Wildman–Crippen MR) is 73.9 cm³/mol. The first-order valence-electron chi connectivity index (χ1n) is 7.01. The lowest BCUT2D eigenvalue weighted by Gasteiger charge is -2.29. The quantitative estimate of drug-likeness (QED) is 0.947. The van der Waals surface area contributed by atoms with Crippen LogP contribution in [0.15, 0.2) is 36.7 Å². The van der Waals surface area contributed by atoms with Crippen molar-refractivity contribution in [2.75, 3.05) is 13.1 Å². The van der Waals surface area contributed by atoms with Crippen molar-refractivity contribution in [3.8, 4) is 0 Å². The van der Waals surface area contributed by atoms with Crippen LogP contribution in [-0.2, 0) is 19.3 Å². The number of β-amino-alcohol motifs (C(OH)–C–C–N with tert-alkyl or cyclic N) is 1. The smallest absolute Gasteiger partial charge is 0.387 e. The summed E-state index contributed by atoms with van der Waals surface area (Å²) >= 11 is 0. The van der Waals surface area contributed by atoms with E-state index < -0.39 is 17.8 Å². The molecule has 0 saturated heterocycles. The third-order valence-electron chi connectivity index (χ3n) is 3.85. The SMILES string of the molecule is OC(CN1CCn2ccnc2C1)c1cccc(C(F)(F)F)c1. The summed E-state index contributed by atoms with van der Waals surface area (Å²) in [5.74, 6) is 0.905. The van der Waals surface area contributed by atoms with Gasteiger partial charge in [-0.2, -0.15) is 13.2 Å². The highest BCUT2D eigenvalue weighted by molar-refractivity contribution is 5.27. The number of alkyl halides is 3. The maximum absolute atomic E-state index is 12.7. The van der Waals surface area contributed by atoms with Crippen LogP contribution in [0.2, 0.25) is 0 Å². The van der Waals surface area contributed by atoms with Gasteiger partial charge in [-0.05, 0) is 17.7 Å². The van der Waals surface area contributed by atoms with E-state index in [2.05, 4.69) is 4.98 Å². The summed E-state index contributed by atoms with van der Waals surface area (Å²) < 4.78 is 40.2. The lowest BCUT2D eigenvalue weighted by Crippen LogP contribution is -2.36. The fourth-order valence-corrected chi connectivity index (χ4v) is 2.65. The van der Waals surface area contributed by atoms with E-state index in [9.17, 15) is 18.3 Å². The van der Waals surface area contributed by atoms with E-state index in [4.69, 9.17) is 0 Å². The molecule has 1 unspecified atom stereocenters. The van der Waals surface area contributed by atoms with Crippen molar-refractivity contribution in [1.82, 2.24) is 14.5 Å². The van der Waals surface area contributed by atoms with E-state index in [1.165, 1.54) is 12.1 Å². The summed E-state index contributed by atoms with van der Waals surface area (Å²) in [6, 6.07) is 4.86. The van der Waals surface area contributed by atoms with Gasteiger partial charge in [0.15, 0.2) is 0 Å². The summed E-state index contributed by atoms with van der Waals surface area (Å²) in [6.45, 7) is 2.38. The number of nitrogens with zero attached hydrogens (tertiary/aromatic N) is 3. The minimum absolute atomic E-state index is 0.281. The summed E-state index contributed by atoms with van der Waals surface area (Å²) in [5, 5.41) is 10.2. The van der Waals surface area contributed by atoms with Crippen LogP contribution < -0.4 is 0 Å². The number of hydrogen-bond donors (Lipinski definition) is 1. The molecule has 0 spiro atoms. The molecule has 0 radical (unpaired) electrons.